The Kier molecular flexibility index (Phi) is 11.0. The largest absolute Gasteiger partial charge is 0.446 e. The maximum Gasteiger partial charge on any atom is 0.307 e. The molecule has 5 rings (SSSR count). The summed E-state index contributed by atoms with van der Waals surface area (Å²) < 4.78 is 5.43. The fourth-order valence-corrected chi connectivity index (χ4v) is 4.60. The molecule has 0 fully saturated rings. The van der Waals surface area contributed by atoms with E-state index in [0.29, 0.717) is 55.1 Å². The number of amides is 4. The minimum absolute atomic E-state index is 0.143. The van der Waals surface area contributed by atoms with E-state index in [4.69, 9.17) is 27.6 Å². The van der Waals surface area contributed by atoms with Crippen LogP contribution in [0.3, 0.4) is 0 Å². The highest BCUT2D eigenvalue weighted by Gasteiger charge is 2.16. The molecule has 0 aliphatic carbocycles. The lowest BCUT2D eigenvalue weighted by Crippen LogP contribution is -2.20. The zero-order chi connectivity index (χ0) is 34.9. The van der Waals surface area contributed by atoms with Gasteiger partial charge in [-0.15, -0.1) is 0 Å². The third-order valence-electron chi connectivity index (χ3n) is 6.99. The van der Waals surface area contributed by atoms with E-state index in [9.17, 15) is 19.2 Å². The van der Waals surface area contributed by atoms with Crippen LogP contribution >= 0.6 is 23.2 Å². The van der Waals surface area contributed by atoms with Crippen LogP contribution in [0, 0.1) is 0 Å². The molecule has 0 saturated carbocycles. The molecule has 0 radical (unpaired) electrons. The molecule has 246 valence electrons. The third-order valence-corrected chi connectivity index (χ3v) is 7.50. The van der Waals surface area contributed by atoms with Crippen molar-refractivity contribution in [1.82, 2.24) is 10.9 Å². The number of nitrogens with one attached hydrogen (secondary N) is 4. The Balaban J connectivity index is 1.15. The summed E-state index contributed by atoms with van der Waals surface area (Å²) in [5.74, 6) is -2.25. The molecule has 49 heavy (non-hydrogen) atoms. The predicted molar refractivity (Wildman–Crippen MR) is 190 cm³/mol. The maximum atomic E-state index is 12.7. The van der Waals surface area contributed by atoms with Crippen molar-refractivity contribution in [3.05, 3.63) is 153 Å². The number of carbonyl (C=O) groups is 4. The van der Waals surface area contributed by atoms with Crippen LogP contribution < -0.4 is 21.5 Å². The van der Waals surface area contributed by atoms with Crippen molar-refractivity contribution in [2.45, 2.75) is 13.8 Å². The zero-order valence-corrected chi connectivity index (χ0v) is 27.6. The quantitative estimate of drug-likeness (QED) is 0.0886. The topological polar surface area (TPSA) is 154 Å². The Hall–Kier alpha value is -6.04. The van der Waals surface area contributed by atoms with Crippen LogP contribution in [0.2, 0.25) is 10.0 Å². The van der Waals surface area contributed by atoms with Crippen LogP contribution in [0.25, 0.3) is 0 Å². The number of hydrazone groups is 2. The maximum absolute atomic E-state index is 12.7. The van der Waals surface area contributed by atoms with Gasteiger partial charge in [0.05, 0.1) is 11.4 Å². The predicted octanol–water partition coefficient (Wildman–Crippen LogP) is 7.40. The summed E-state index contributed by atoms with van der Waals surface area (Å²) in [6.07, 6.45) is 0. The number of hydrogen-bond acceptors (Lipinski definition) is 7. The van der Waals surface area contributed by atoms with Gasteiger partial charge in [0.2, 0.25) is 0 Å². The highest BCUT2D eigenvalue weighted by Crippen LogP contribution is 2.17. The van der Waals surface area contributed by atoms with Crippen LogP contribution in [-0.4, -0.2) is 35.1 Å². The first-order valence-electron chi connectivity index (χ1n) is 14.7. The molecule has 0 aliphatic rings. The number of anilines is 2. The van der Waals surface area contributed by atoms with Gasteiger partial charge in [0, 0.05) is 32.5 Å². The first-order chi connectivity index (χ1) is 23.5. The van der Waals surface area contributed by atoms with Crippen molar-refractivity contribution in [2.75, 3.05) is 10.6 Å². The molecule has 4 N–H and O–H groups in total. The van der Waals surface area contributed by atoms with Crippen molar-refractivity contribution in [2.24, 2.45) is 10.2 Å². The highest BCUT2D eigenvalue weighted by atomic mass is 35.5. The van der Waals surface area contributed by atoms with Crippen LogP contribution in [0.5, 0.6) is 0 Å². The number of halogens is 2. The minimum atomic E-state index is -0.678. The fraction of sp³-hybridized carbons (Fsp3) is 0.0556. The Labute approximate surface area is 291 Å². The molecule has 0 aliphatic heterocycles. The van der Waals surface area contributed by atoms with Crippen LogP contribution in [0.1, 0.15) is 66.8 Å². The number of carbonyl (C=O) groups excluding carboxylic acids is 4. The number of benzene rings is 4. The van der Waals surface area contributed by atoms with Crippen LogP contribution in [-0.2, 0) is 0 Å². The van der Waals surface area contributed by atoms with Crippen molar-refractivity contribution < 1.29 is 23.6 Å². The SMILES string of the molecule is CC(=NNC(=O)c1ccc(C(=O)NN=C(C)c2cccc(NC(=O)c3ccc(Cl)cc3)c2)o1)c1cccc(NC(=O)c2ccc(Cl)cc2)c1. The Bertz CT molecular complexity index is 1940. The summed E-state index contributed by atoms with van der Waals surface area (Å²) in [5, 5.41) is 14.9. The second-order valence-corrected chi connectivity index (χ2v) is 11.4. The molecule has 0 spiro atoms. The number of hydrogen-bond donors (Lipinski definition) is 4. The first kappa shape index (κ1) is 34.3. The molecule has 0 bridgehead atoms. The van der Waals surface area contributed by atoms with E-state index in [2.05, 4.69) is 31.7 Å². The van der Waals surface area contributed by atoms with E-state index >= 15 is 0 Å². The molecular weight excluding hydrogens is 667 g/mol. The zero-order valence-electron chi connectivity index (χ0n) is 26.1. The monoisotopic (exact) mass is 694 g/mol. The normalized spacial score (nSPS) is 11.4. The van der Waals surface area contributed by atoms with E-state index in [-0.39, 0.29) is 23.3 Å². The average molecular weight is 696 g/mol. The van der Waals surface area contributed by atoms with Crippen LogP contribution in [0.15, 0.2) is 124 Å². The van der Waals surface area contributed by atoms with Gasteiger partial charge in [0.25, 0.3) is 11.8 Å². The summed E-state index contributed by atoms with van der Waals surface area (Å²) >= 11 is 11.8. The van der Waals surface area contributed by atoms with Gasteiger partial charge < -0.3 is 15.1 Å². The second-order valence-electron chi connectivity index (χ2n) is 10.5. The summed E-state index contributed by atoms with van der Waals surface area (Å²) in [4.78, 5) is 50.5. The van der Waals surface area contributed by atoms with Gasteiger partial charge in [-0.2, -0.15) is 10.2 Å². The van der Waals surface area contributed by atoms with Gasteiger partial charge in [0.15, 0.2) is 11.5 Å². The van der Waals surface area contributed by atoms with Gasteiger partial charge in [-0.3, -0.25) is 19.2 Å². The van der Waals surface area contributed by atoms with Crippen molar-refractivity contribution in [1.29, 1.82) is 0 Å². The number of nitrogens with zero attached hydrogens (tertiary/aromatic N) is 2. The molecule has 0 unspecified atom stereocenters. The Morgan fingerprint density at radius 2 is 0.898 bits per heavy atom. The van der Waals surface area contributed by atoms with Gasteiger partial charge in [-0.05, 0) is 110 Å². The smallest absolute Gasteiger partial charge is 0.307 e. The molecule has 1 heterocycles. The lowest BCUT2D eigenvalue weighted by molar-refractivity contribution is 0.0900. The standard InChI is InChI=1S/C36H28Cl2N6O5/c1-21(25-5-3-7-29(19-25)39-33(45)23-9-13-27(37)14-10-23)41-43-35(47)31-17-18-32(49-31)36(48)44-42-22(2)26-6-4-8-30(20-26)40-34(46)24-11-15-28(38)16-12-24/h3-20H,1-2H3,(H,39,45)(H,40,46)(H,43,47)(H,44,48). The Morgan fingerprint density at radius 3 is 1.29 bits per heavy atom. The van der Waals surface area contributed by atoms with E-state index in [1.54, 1.807) is 111 Å². The molecule has 4 aromatic carbocycles. The van der Waals surface area contributed by atoms with E-state index in [1.807, 2.05) is 0 Å². The molecule has 13 heteroatoms. The van der Waals surface area contributed by atoms with E-state index < -0.39 is 11.8 Å². The second kappa shape index (κ2) is 15.7. The van der Waals surface area contributed by atoms with Crippen molar-refractivity contribution in [3.8, 4) is 0 Å². The van der Waals surface area contributed by atoms with Gasteiger partial charge in [-0.25, -0.2) is 10.9 Å². The fourth-order valence-electron chi connectivity index (χ4n) is 4.34. The third kappa shape index (κ3) is 9.28. The van der Waals surface area contributed by atoms with E-state index in [0.717, 1.165) is 0 Å². The highest BCUT2D eigenvalue weighted by molar-refractivity contribution is 6.31. The number of furan rings is 1. The summed E-state index contributed by atoms with van der Waals surface area (Å²) in [6, 6.07) is 29.6. The lowest BCUT2D eigenvalue weighted by atomic mass is 10.1. The molecule has 5 aromatic rings. The van der Waals surface area contributed by atoms with Gasteiger partial charge in [-0.1, -0.05) is 47.5 Å². The molecule has 4 amide bonds. The van der Waals surface area contributed by atoms with Crippen LogP contribution in [0.4, 0.5) is 11.4 Å². The van der Waals surface area contributed by atoms with Gasteiger partial charge >= 0.3 is 11.8 Å². The first-order valence-corrected chi connectivity index (χ1v) is 15.4. The summed E-state index contributed by atoms with van der Waals surface area (Å²) in [6.45, 7) is 3.37. The lowest BCUT2D eigenvalue weighted by Gasteiger charge is -2.08. The molecule has 0 atom stereocenters. The summed E-state index contributed by atoms with van der Waals surface area (Å²) in [7, 11) is 0. The molecular formula is C36H28Cl2N6O5. The number of rotatable bonds is 10. The minimum Gasteiger partial charge on any atom is -0.446 e. The average Bonchev–Trinajstić information content (AvgIpc) is 3.61. The van der Waals surface area contributed by atoms with Gasteiger partial charge in [0.1, 0.15) is 0 Å². The molecule has 11 nitrogen and oxygen atoms in total. The van der Waals surface area contributed by atoms with E-state index in [1.165, 1.54) is 12.1 Å². The van der Waals surface area contributed by atoms with Crippen molar-refractivity contribution in [3.63, 3.8) is 0 Å². The van der Waals surface area contributed by atoms with Crippen molar-refractivity contribution >= 4 is 69.6 Å². The Morgan fingerprint density at radius 1 is 0.510 bits per heavy atom. The molecule has 0 saturated heterocycles. The molecule has 1 aromatic heterocycles. The summed E-state index contributed by atoms with van der Waals surface area (Å²) in [5.41, 5.74) is 8.99.